The number of unbranched alkanes of at least 4 members (excludes halogenated alkanes) is 2. The van der Waals surface area contributed by atoms with E-state index in [1.54, 1.807) is 18.0 Å². The van der Waals surface area contributed by atoms with Crippen molar-refractivity contribution < 1.29 is 82.6 Å². The summed E-state index contributed by atoms with van der Waals surface area (Å²) in [6.45, 7) is 6.81. The topological polar surface area (TPSA) is 126 Å². The van der Waals surface area contributed by atoms with Crippen molar-refractivity contribution in [1.29, 1.82) is 0 Å². The number of nitrogens with one attached hydrogen (secondary N) is 2. The Kier molecular flexibility index (Phi) is 25.1. The molecule has 1 unspecified atom stereocenters. The zero-order valence-electron chi connectivity index (χ0n) is 27.4. The standard InChI is InChI=1S/C31H41FN4OS.CH3O3P.2Na/c1-23(2)22-36(38-26-17-18-28(33)27(32)21-26)20-12-6-11-19-35-31(37)30(34-3)29(24-13-7-4-8-14-24)25-15-9-5-10-16-25;1-4-5(2)3;;/h4-5,7-10,13-18,21,23,29-30,34H,6,11-12,19-20,22,33H2,1-3H3,(H,35,37);1H3;;/q;-2;2*+1. The molecule has 0 saturated heterocycles. The average molecular weight is 677 g/mol. The molecule has 3 aromatic rings. The second kappa shape index (κ2) is 25.5. The number of anilines is 1. The molecule has 8 nitrogen and oxygen atoms in total. The van der Waals surface area contributed by atoms with E-state index in [0.717, 1.165) is 55.5 Å². The number of halogens is 1. The third-order valence-corrected chi connectivity index (χ3v) is 7.90. The number of likely N-dealkylation sites (N-methyl/N-ethyl adjacent to an activating group) is 1. The monoisotopic (exact) mass is 676 g/mol. The van der Waals surface area contributed by atoms with Crippen LogP contribution in [0.25, 0.3) is 0 Å². The Morgan fingerprint density at radius 1 is 0.978 bits per heavy atom. The van der Waals surface area contributed by atoms with Gasteiger partial charge in [0.15, 0.2) is 0 Å². The largest absolute Gasteiger partial charge is 1.00 e. The molecule has 3 rings (SSSR count). The molecule has 3 aromatic carbocycles. The van der Waals surface area contributed by atoms with Gasteiger partial charge in [-0.3, -0.25) is 4.79 Å². The third kappa shape index (κ3) is 17.4. The third-order valence-electron chi connectivity index (χ3n) is 6.55. The first-order chi connectivity index (χ1) is 20.7. The van der Waals surface area contributed by atoms with Crippen molar-refractivity contribution in [3.05, 3.63) is 95.8 Å². The zero-order valence-corrected chi connectivity index (χ0v) is 33.1. The minimum Gasteiger partial charge on any atom is -0.820 e. The molecule has 0 bridgehead atoms. The Labute approximate surface area is 318 Å². The van der Waals surface area contributed by atoms with Crippen LogP contribution in [0.5, 0.6) is 0 Å². The van der Waals surface area contributed by atoms with Crippen LogP contribution in [0, 0.1) is 11.7 Å². The van der Waals surface area contributed by atoms with Crippen molar-refractivity contribution >= 4 is 32.1 Å². The summed E-state index contributed by atoms with van der Waals surface area (Å²) in [6, 6.07) is 25.0. The summed E-state index contributed by atoms with van der Waals surface area (Å²) in [5, 5.41) is 6.41. The van der Waals surface area contributed by atoms with E-state index in [1.165, 1.54) is 6.07 Å². The molecule has 0 fully saturated rings. The van der Waals surface area contributed by atoms with Crippen LogP contribution in [0.4, 0.5) is 10.1 Å². The van der Waals surface area contributed by atoms with E-state index in [-0.39, 0.29) is 88.5 Å². The van der Waals surface area contributed by atoms with E-state index in [2.05, 4.69) is 57.6 Å². The summed E-state index contributed by atoms with van der Waals surface area (Å²) < 4.78 is 19.9. The first-order valence-corrected chi connectivity index (χ1v) is 16.2. The quantitative estimate of drug-likeness (QED) is 0.0561. The molecule has 1 atom stereocenters. The van der Waals surface area contributed by atoms with Gasteiger partial charge in [-0.05, 0) is 67.1 Å². The van der Waals surface area contributed by atoms with Crippen molar-refractivity contribution in [3.8, 4) is 0 Å². The van der Waals surface area contributed by atoms with Gasteiger partial charge in [0.1, 0.15) is 5.82 Å². The SMILES string of the molecule is CNC(C(=O)NCCCCCN(CC(C)C)Sc1ccc(N)c(F)c1)C(c1ccccc1)c1ccccc1.COP([O-])[O-].[Na+].[Na+]. The van der Waals surface area contributed by atoms with Gasteiger partial charge in [-0.1, -0.05) is 80.9 Å². The summed E-state index contributed by atoms with van der Waals surface area (Å²) in [5.74, 6) is 0.0488. The maximum Gasteiger partial charge on any atom is 1.00 e. The Morgan fingerprint density at radius 3 is 2.00 bits per heavy atom. The zero-order chi connectivity index (χ0) is 31.6. The molecule has 1 amide bonds. The first kappa shape index (κ1) is 44.4. The first-order valence-electron chi connectivity index (χ1n) is 14.4. The molecule has 0 aliphatic carbocycles. The molecule has 0 aliphatic rings. The predicted octanol–water partition coefficient (Wildman–Crippen LogP) is -1.33. The van der Waals surface area contributed by atoms with E-state index in [4.69, 9.17) is 5.73 Å². The number of hydrogen-bond acceptors (Lipinski definition) is 8. The number of nitrogens with two attached hydrogens (primary N) is 1. The molecule has 0 spiro atoms. The molecule has 45 heavy (non-hydrogen) atoms. The van der Waals surface area contributed by atoms with Crippen LogP contribution in [0.3, 0.4) is 0 Å². The second-order valence-electron chi connectivity index (χ2n) is 10.4. The summed E-state index contributed by atoms with van der Waals surface area (Å²) in [6.07, 6.45) is 2.90. The van der Waals surface area contributed by atoms with Gasteiger partial charge in [-0.2, -0.15) is 8.60 Å². The maximum atomic E-state index is 13.9. The van der Waals surface area contributed by atoms with E-state index in [0.29, 0.717) is 12.5 Å². The summed E-state index contributed by atoms with van der Waals surface area (Å²) in [4.78, 5) is 32.5. The molecule has 236 valence electrons. The van der Waals surface area contributed by atoms with Gasteiger partial charge in [-0.25, -0.2) is 8.70 Å². The van der Waals surface area contributed by atoms with E-state index < -0.39 is 8.60 Å². The Hall–Kier alpha value is -0.560. The Bertz CT molecular complexity index is 1170. The molecule has 0 radical (unpaired) electrons. The van der Waals surface area contributed by atoms with E-state index in [1.807, 2.05) is 49.5 Å². The van der Waals surface area contributed by atoms with Gasteiger partial charge in [0.2, 0.25) is 5.91 Å². The average Bonchev–Trinajstić information content (AvgIpc) is 3.00. The minimum absolute atomic E-state index is 0. The Morgan fingerprint density at radius 2 is 1.53 bits per heavy atom. The normalized spacial score (nSPS) is 11.4. The van der Waals surface area contributed by atoms with Crippen LogP contribution < -0.4 is 85.3 Å². The van der Waals surface area contributed by atoms with Gasteiger partial charge in [0.25, 0.3) is 0 Å². The molecular formula is C32H44FN4Na2O4PS. The molecule has 0 heterocycles. The number of nitrogens with zero attached hydrogens (tertiary/aromatic N) is 1. The minimum atomic E-state index is -2.60. The number of amides is 1. The van der Waals surface area contributed by atoms with E-state index in [9.17, 15) is 19.0 Å². The van der Waals surface area contributed by atoms with Crippen molar-refractivity contribution in [1.82, 2.24) is 14.9 Å². The number of hydrogen-bond donors (Lipinski definition) is 3. The van der Waals surface area contributed by atoms with E-state index >= 15 is 0 Å². The molecule has 0 saturated carbocycles. The summed E-state index contributed by atoms with van der Waals surface area (Å²) >= 11 is 1.57. The van der Waals surface area contributed by atoms with Gasteiger partial charge < -0.3 is 30.7 Å². The maximum absolute atomic E-state index is 13.9. The summed E-state index contributed by atoms with van der Waals surface area (Å²) in [7, 11) is 0.349. The van der Waals surface area contributed by atoms with Crippen LogP contribution in [0.15, 0.2) is 83.8 Å². The van der Waals surface area contributed by atoms with Gasteiger partial charge in [-0.15, -0.1) is 0 Å². The number of rotatable bonds is 16. The van der Waals surface area contributed by atoms with Crippen LogP contribution in [-0.2, 0) is 9.32 Å². The molecule has 0 aromatic heterocycles. The number of carbonyl (C=O) groups is 1. The van der Waals surface area contributed by atoms with Crippen molar-refractivity contribution in [2.75, 3.05) is 39.5 Å². The molecule has 13 heteroatoms. The van der Waals surface area contributed by atoms with Crippen molar-refractivity contribution in [3.63, 3.8) is 0 Å². The molecule has 4 N–H and O–H groups in total. The molecular weight excluding hydrogens is 632 g/mol. The van der Waals surface area contributed by atoms with Crippen molar-refractivity contribution in [2.45, 2.75) is 50.0 Å². The van der Waals surface area contributed by atoms with Crippen LogP contribution >= 0.6 is 20.6 Å². The van der Waals surface area contributed by atoms with Gasteiger partial charge in [0.05, 0.1) is 11.7 Å². The van der Waals surface area contributed by atoms with Crippen LogP contribution in [-0.4, -0.2) is 50.0 Å². The second-order valence-corrected chi connectivity index (χ2v) is 12.4. The fourth-order valence-electron chi connectivity index (χ4n) is 4.55. The van der Waals surface area contributed by atoms with Gasteiger partial charge >= 0.3 is 59.1 Å². The number of carbonyl (C=O) groups excluding carboxylic acids is 1. The fourth-order valence-corrected chi connectivity index (χ4v) is 5.73. The summed E-state index contributed by atoms with van der Waals surface area (Å²) in [5.41, 5.74) is 8.01. The van der Waals surface area contributed by atoms with Crippen LogP contribution in [0.1, 0.15) is 50.2 Å². The van der Waals surface area contributed by atoms with Crippen LogP contribution in [0.2, 0.25) is 0 Å². The van der Waals surface area contributed by atoms with Crippen molar-refractivity contribution in [2.24, 2.45) is 5.92 Å². The molecule has 0 aliphatic heterocycles. The smallest absolute Gasteiger partial charge is 0.820 e. The fraction of sp³-hybridized carbons (Fsp3) is 0.406. The number of nitrogen functional groups attached to an aromatic ring is 1. The number of benzene rings is 3. The predicted molar refractivity (Wildman–Crippen MR) is 171 cm³/mol. The Balaban J connectivity index is 0.00000256. The van der Waals surface area contributed by atoms with Gasteiger partial charge in [0, 0.05) is 37.6 Å².